The van der Waals surface area contributed by atoms with E-state index in [0.717, 1.165) is 12.5 Å². The minimum Gasteiger partial charge on any atom is -0.329 e. The molecule has 0 bridgehead atoms. The molecular formula is C17H28N2. The summed E-state index contributed by atoms with van der Waals surface area (Å²) in [6.07, 6.45) is 4.22. The second-order valence-corrected chi connectivity index (χ2v) is 5.94. The molecule has 2 N–H and O–H groups in total. The van der Waals surface area contributed by atoms with Crippen LogP contribution in [0.25, 0.3) is 0 Å². The van der Waals surface area contributed by atoms with Gasteiger partial charge in [0, 0.05) is 19.1 Å². The predicted molar refractivity (Wildman–Crippen MR) is 82.3 cm³/mol. The molecule has 1 saturated carbocycles. The Bertz CT molecular complexity index is 389. The van der Waals surface area contributed by atoms with Gasteiger partial charge in [0.15, 0.2) is 0 Å². The number of hydrogen-bond donors (Lipinski definition) is 1. The van der Waals surface area contributed by atoms with E-state index in [1.54, 1.807) is 0 Å². The summed E-state index contributed by atoms with van der Waals surface area (Å²) in [5.41, 5.74) is 10.3. The maximum absolute atomic E-state index is 6.11. The minimum atomic E-state index is 0.381. The summed E-state index contributed by atoms with van der Waals surface area (Å²) in [5.74, 6) is 0.901. The topological polar surface area (TPSA) is 29.3 Å². The number of hydrogen-bond acceptors (Lipinski definition) is 2. The maximum atomic E-state index is 6.11. The Kier molecular flexibility index (Phi) is 5.00. The highest BCUT2D eigenvalue weighted by Crippen LogP contribution is 2.32. The zero-order valence-electron chi connectivity index (χ0n) is 12.7. The van der Waals surface area contributed by atoms with Crippen LogP contribution in [0.15, 0.2) is 18.2 Å². The molecule has 0 aromatic heterocycles. The number of aryl methyl sites for hydroxylation is 2. The highest BCUT2D eigenvalue weighted by Gasteiger charge is 2.26. The molecule has 1 atom stereocenters. The van der Waals surface area contributed by atoms with E-state index in [-0.39, 0.29) is 0 Å². The third-order valence-electron chi connectivity index (χ3n) is 4.66. The summed E-state index contributed by atoms with van der Waals surface area (Å²) in [5, 5.41) is 0. The molecule has 1 fully saturated rings. The van der Waals surface area contributed by atoms with Crippen molar-refractivity contribution in [3.63, 3.8) is 0 Å². The number of nitrogens with two attached hydrogens (primary N) is 1. The minimum absolute atomic E-state index is 0.381. The van der Waals surface area contributed by atoms with Crippen LogP contribution in [-0.4, -0.2) is 24.5 Å². The molecule has 2 heteroatoms. The van der Waals surface area contributed by atoms with Gasteiger partial charge in [-0.2, -0.15) is 0 Å². The van der Waals surface area contributed by atoms with Crippen LogP contribution in [0.4, 0.5) is 0 Å². The number of likely N-dealkylation sites (N-methyl/N-ethyl adjacent to an activating group) is 1. The van der Waals surface area contributed by atoms with E-state index in [0.29, 0.717) is 12.6 Å². The van der Waals surface area contributed by atoms with Gasteiger partial charge in [0.25, 0.3) is 0 Å². The van der Waals surface area contributed by atoms with Crippen molar-refractivity contribution in [1.29, 1.82) is 0 Å². The van der Waals surface area contributed by atoms with Gasteiger partial charge >= 0.3 is 0 Å². The second-order valence-electron chi connectivity index (χ2n) is 5.94. The second kappa shape index (κ2) is 6.53. The zero-order valence-corrected chi connectivity index (χ0v) is 12.7. The molecule has 1 unspecified atom stereocenters. The van der Waals surface area contributed by atoms with Crippen LogP contribution < -0.4 is 5.73 Å². The summed E-state index contributed by atoms with van der Waals surface area (Å²) in [6.45, 7) is 9.70. The Labute approximate surface area is 118 Å². The van der Waals surface area contributed by atoms with Crippen LogP contribution in [0.1, 0.15) is 48.9 Å². The van der Waals surface area contributed by atoms with Crippen molar-refractivity contribution in [2.24, 2.45) is 11.7 Å². The normalized spacial score (nSPS) is 17.5. The summed E-state index contributed by atoms with van der Waals surface area (Å²) >= 11 is 0. The van der Waals surface area contributed by atoms with Crippen LogP contribution in [-0.2, 0) is 0 Å². The molecule has 2 nitrogen and oxygen atoms in total. The molecule has 106 valence electrons. The SMILES string of the molecule is CCN(CC1CCC1)C(CN)c1c(C)cccc1C. The first kappa shape index (κ1) is 14.5. The summed E-state index contributed by atoms with van der Waals surface area (Å²) in [6, 6.07) is 6.95. The largest absolute Gasteiger partial charge is 0.329 e. The fraction of sp³-hybridized carbons (Fsp3) is 0.647. The van der Waals surface area contributed by atoms with Gasteiger partial charge in [0.1, 0.15) is 0 Å². The third kappa shape index (κ3) is 3.18. The molecule has 0 heterocycles. The smallest absolute Gasteiger partial charge is 0.0475 e. The average Bonchev–Trinajstić information content (AvgIpc) is 2.34. The molecule has 1 aliphatic carbocycles. The molecule has 1 aromatic carbocycles. The van der Waals surface area contributed by atoms with Crippen molar-refractivity contribution in [3.05, 3.63) is 34.9 Å². The van der Waals surface area contributed by atoms with Gasteiger partial charge in [0.2, 0.25) is 0 Å². The first-order chi connectivity index (χ1) is 9.17. The van der Waals surface area contributed by atoms with Gasteiger partial charge in [-0.3, -0.25) is 4.90 Å². The van der Waals surface area contributed by atoms with E-state index < -0.39 is 0 Å². The van der Waals surface area contributed by atoms with Crippen molar-refractivity contribution in [3.8, 4) is 0 Å². The summed E-state index contributed by atoms with van der Waals surface area (Å²) < 4.78 is 0. The number of rotatable bonds is 6. The predicted octanol–water partition coefficient (Wildman–Crippen LogP) is 3.43. The average molecular weight is 260 g/mol. The maximum Gasteiger partial charge on any atom is 0.0475 e. The standard InChI is InChI=1S/C17H28N2/c1-4-19(12-15-9-6-10-15)16(11-18)17-13(2)7-5-8-14(17)3/h5,7-8,15-16H,4,6,9-12,18H2,1-3H3. The van der Waals surface area contributed by atoms with E-state index in [1.807, 2.05) is 0 Å². The summed E-state index contributed by atoms with van der Waals surface area (Å²) in [4.78, 5) is 2.58. The van der Waals surface area contributed by atoms with E-state index in [4.69, 9.17) is 5.73 Å². The van der Waals surface area contributed by atoms with Gasteiger partial charge in [-0.05, 0) is 55.8 Å². The lowest BCUT2D eigenvalue weighted by Gasteiger charge is -2.37. The van der Waals surface area contributed by atoms with Crippen molar-refractivity contribution < 1.29 is 0 Å². The molecule has 0 amide bonds. The molecule has 0 saturated heterocycles. The fourth-order valence-corrected chi connectivity index (χ4v) is 3.29. The monoisotopic (exact) mass is 260 g/mol. The molecule has 1 aliphatic rings. The van der Waals surface area contributed by atoms with E-state index >= 15 is 0 Å². The highest BCUT2D eigenvalue weighted by atomic mass is 15.2. The highest BCUT2D eigenvalue weighted by molar-refractivity contribution is 5.36. The van der Waals surface area contributed by atoms with Gasteiger partial charge in [-0.25, -0.2) is 0 Å². The Morgan fingerprint density at radius 1 is 1.26 bits per heavy atom. The fourth-order valence-electron chi connectivity index (χ4n) is 3.29. The first-order valence-electron chi connectivity index (χ1n) is 7.67. The Balaban J connectivity index is 2.20. The van der Waals surface area contributed by atoms with Crippen molar-refractivity contribution >= 4 is 0 Å². The van der Waals surface area contributed by atoms with Gasteiger partial charge in [0.05, 0.1) is 0 Å². The van der Waals surface area contributed by atoms with E-state index in [9.17, 15) is 0 Å². The third-order valence-corrected chi connectivity index (χ3v) is 4.66. The van der Waals surface area contributed by atoms with Crippen molar-refractivity contribution in [2.45, 2.75) is 46.1 Å². The molecular weight excluding hydrogens is 232 g/mol. The molecule has 19 heavy (non-hydrogen) atoms. The van der Waals surface area contributed by atoms with E-state index in [1.165, 1.54) is 42.5 Å². The number of benzene rings is 1. The quantitative estimate of drug-likeness (QED) is 0.849. The molecule has 0 radical (unpaired) electrons. The van der Waals surface area contributed by atoms with Crippen LogP contribution in [0, 0.1) is 19.8 Å². The van der Waals surface area contributed by atoms with Crippen LogP contribution in [0.2, 0.25) is 0 Å². The van der Waals surface area contributed by atoms with E-state index in [2.05, 4.69) is 43.9 Å². The molecule has 2 rings (SSSR count). The molecule has 0 aliphatic heterocycles. The Morgan fingerprint density at radius 3 is 2.32 bits per heavy atom. The van der Waals surface area contributed by atoms with Crippen molar-refractivity contribution in [2.75, 3.05) is 19.6 Å². The van der Waals surface area contributed by atoms with Crippen LogP contribution >= 0.6 is 0 Å². The molecule has 1 aromatic rings. The lowest BCUT2D eigenvalue weighted by Crippen LogP contribution is -2.39. The zero-order chi connectivity index (χ0) is 13.8. The Morgan fingerprint density at radius 2 is 1.89 bits per heavy atom. The lowest BCUT2D eigenvalue weighted by atomic mass is 9.84. The number of nitrogens with zero attached hydrogens (tertiary/aromatic N) is 1. The Hall–Kier alpha value is -0.860. The van der Waals surface area contributed by atoms with Crippen molar-refractivity contribution in [1.82, 2.24) is 4.90 Å². The molecule has 0 spiro atoms. The van der Waals surface area contributed by atoms with Gasteiger partial charge < -0.3 is 5.73 Å². The van der Waals surface area contributed by atoms with Gasteiger partial charge in [-0.1, -0.05) is 31.5 Å². The van der Waals surface area contributed by atoms with Crippen LogP contribution in [0.3, 0.4) is 0 Å². The summed E-state index contributed by atoms with van der Waals surface area (Å²) in [7, 11) is 0. The lowest BCUT2D eigenvalue weighted by molar-refractivity contribution is 0.140. The van der Waals surface area contributed by atoms with Crippen LogP contribution in [0.5, 0.6) is 0 Å². The first-order valence-corrected chi connectivity index (χ1v) is 7.67. The van der Waals surface area contributed by atoms with Gasteiger partial charge in [-0.15, -0.1) is 0 Å².